The van der Waals surface area contributed by atoms with Gasteiger partial charge in [-0.3, -0.25) is 9.59 Å². The highest BCUT2D eigenvalue weighted by atomic mass is 32.1. The first kappa shape index (κ1) is 16.8. The van der Waals surface area contributed by atoms with Gasteiger partial charge in [-0.15, -0.1) is 10.2 Å². The van der Waals surface area contributed by atoms with Gasteiger partial charge in [0, 0.05) is 32.5 Å². The maximum Gasteiger partial charge on any atom is 0.226 e. The highest BCUT2D eigenvalue weighted by molar-refractivity contribution is 7.13. The van der Waals surface area contributed by atoms with Crippen molar-refractivity contribution in [3.8, 4) is 0 Å². The maximum atomic E-state index is 12.1. The molecule has 2 heterocycles. The van der Waals surface area contributed by atoms with E-state index >= 15 is 0 Å². The molecule has 1 atom stereocenters. The molecule has 1 aliphatic heterocycles. The smallest absolute Gasteiger partial charge is 0.226 e. The van der Waals surface area contributed by atoms with Crippen LogP contribution in [0.15, 0.2) is 5.51 Å². The van der Waals surface area contributed by atoms with E-state index in [9.17, 15) is 9.59 Å². The zero-order chi connectivity index (χ0) is 15.9. The average molecular weight is 325 g/mol. The minimum Gasteiger partial charge on any atom is -0.344 e. The number of piperidine rings is 1. The number of hydrogen-bond acceptors (Lipinski definition) is 6. The molecule has 0 radical (unpaired) electrons. The second-order valence-corrected chi connectivity index (χ2v) is 6.53. The molecule has 0 saturated carbocycles. The van der Waals surface area contributed by atoms with E-state index in [1.807, 2.05) is 7.05 Å². The van der Waals surface area contributed by atoms with Crippen molar-refractivity contribution < 1.29 is 9.59 Å². The topological polar surface area (TPSA) is 78.4 Å². The number of anilines is 1. The molecule has 1 aromatic heterocycles. The number of carbonyl (C=O) groups excluding carboxylic acids is 2. The van der Waals surface area contributed by atoms with Gasteiger partial charge >= 0.3 is 0 Å². The Kier molecular flexibility index (Phi) is 6.26. The fourth-order valence-corrected chi connectivity index (χ4v) is 3.07. The number of likely N-dealkylation sites (N-methyl/N-ethyl adjacent to an activating group) is 2. The highest BCUT2D eigenvalue weighted by Gasteiger charge is 2.22. The van der Waals surface area contributed by atoms with Crippen molar-refractivity contribution in [3.63, 3.8) is 0 Å². The van der Waals surface area contributed by atoms with Crippen LogP contribution in [0, 0.1) is 0 Å². The lowest BCUT2D eigenvalue weighted by atomic mass is 10.0. The van der Waals surface area contributed by atoms with Gasteiger partial charge in [-0.25, -0.2) is 0 Å². The second-order valence-electron chi connectivity index (χ2n) is 5.70. The first-order chi connectivity index (χ1) is 10.6. The van der Waals surface area contributed by atoms with E-state index in [1.54, 1.807) is 10.4 Å². The molecule has 1 aromatic rings. The van der Waals surface area contributed by atoms with E-state index in [0.717, 1.165) is 19.5 Å². The first-order valence-electron chi connectivity index (χ1n) is 7.56. The third-order valence-corrected chi connectivity index (χ3v) is 4.61. The molecule has 122 valence electrons. The summed E-state index contributed by atoms with van der Waals surface area (Å²) in [5.74, 6) is -0.195. The number of nitrogens with one attached hydrogen (secondary N) is 1. The zero-order valence-electron chi connectivity index (χ0n) is 13.1. The van der Waals surface area contributed by atoms with Crippen molar-refractivity contribution >= 4 is 28.3 Å². The highest BCUT2D eigenvalue weighted by Crippen LogP contribution is 2.16. The van der Waals surface area contributed by atoms with E-state index in [1.165, 1.54) is 24.2 Å². The Bertz CT molecular complexity index is 493. The zero-order valence-corrected chi connectivity index (χ0v) is 13.9. The summed E-state index contributed by atoms with van der Waals surface area (Å²) in [5.41, 5.74) is 1.55. The van der Waals surface area contributed by atoms with Crippen molar-refractivity contribution in [2.45, 2.75) is 38.1 Å². The number of aromatic nitrogens is 2. The molecule has 22 heavy (non-hydrogen) atoms. The van der Waals surface area contributed by atoms with Crippen molar-refractivity contribution in [3.05, 3.63) is 5.51 Å². The molecule has 1 aliphatic rings. The van der Waals surface area contributed by atoms with Gasteiger partial charge in [-0.2, -0.15) is 0 Å². The molecule has 8 heteroatoms. The van der Waals surface area contributed by atoms with Crippen LogP contribution in [0.3, 0.4) is 0 Å². The Morgan fingerprint density at radius 3 is 2.95 bits per heavy atom. The molecule has 0 bridgehead atoms. The fraction of sp³-hybridized carbons (Fsp3) is 0.714. The van der Waals surface area contributed by atoms with Crippen molar-refractivity contribution in [2.75, 3.05) is 32.5 Å². The van der Waals surface area contributed by atoms with Crippen LogP contribution < -0.4 is 5.32 Å². The molecule has 2 amide bonds. The van der Waals surface area contributed by atoms with Gasteiger partial charge in [0.1, 0.15) is 5.51 Å². The van der Waals surface area contributed by atoms with Crippen molar-refractivity contribution in [2.24, 2.45) is 0 Å². The van der Waals surface area contributed by atoms with E-state index < -0.39 is 0 Å². The van der Waals surface area contributed by atoms with Gasteiger partial charge < -0.3 is 15.1 Å². The Morgan fingerprint density at radius 2 is 2.27 bits per heavy atom. The molecule has 1 N–H and O–H groups in total. The summed E-state index contributed by atoms with van der Waals surface area (Å²) >= 11 is 1.26. The molecule has 0 aromatic carbocycles. The minimum absolute atomic E-state index is 0.00591. The van der Waals surface area contributed by atoms with Gasteiger partial charge in [0.25, 0.3) is 0 Å². The summed E-state index contributed by atoms with van der Waals surface area (Å²) in [6, 6.07) is 0.429. The van der Waals surface area contributed by atoms with Crippen LogP contribution in [0.5, 0.6) is 0 Å². The van der Waals surface area contributed by atoms with Gasteiger partial charge in [0.05, 0.1) is 0 Å². The number of carbonyl (C=O) groups is 2. The van der Waals surface area contributed by atoms with E-state index in [2.05, 4.69) is 27.5 Å². The quantitative estimate of drug-likeness (QED) is 0.850. The summed E-state index contributed by atoms with van der Waals surface area (Å²) in [6.45, 7) is 1.82. The molecular weight excluding hydrogens is 302 g/mol. The number of amides is 2. The van der Waals surface area contributed by atoms with Crippen molar-refractivity contribution in [1.82, 2.24) is 20.0 Å². The number of likely N-dealkylation sites (tertiary alicyclic amines) is 1. The third-order valence-electron chi connectivity index (χ3n) is 4.00. The summed E-state index contributed by atoms with van der Waals surface area (Å²) < 4.78 is 0. The van der Waals surface area contributed by atoms with Crippen LogP contribution in [0.1, 0.15) is 32.1 Å². The lowest BCUT2D eigenvalue weighted by Crippen LogP contribution is -2.45. The molecule has 0 spiro atoms. The summed E-state index contributed by atoms with van der Waals surface area (Å²) in [4.78, 5) is 27.9. The molecule has 1 unspecified atom stereocenters. The van der Waals surface area contributed by atoms with E-state index in [-0.39, 0.29) is 24.7 Å². The first-order valence-corrected chi connectivity index (χ1v) is 8.44. The lowest BCUT2D eigenvalue weighted by molar-refractivity contribution is -0.132. The molecule has 2 rings (SSSR count). The summed E-state index contributed by atoms with van der Waals surface area (Å²) in [6.07, 6.45) is 3.98. The Labute approximate surface area is 134 Å². The molecule has 1 fully saturated rings. The van der Waals surface area contributed by atoms with Gasteiger partial charge in [0.15, 0.2) is 0 Å². The van der Waals surface area contributed by atoms with Crippen molar-refractivity contribution in [1.29, 1.82) is 0 Å². The predicted octanol–water partition coefficient (Wildman–Crippen LogP) is 1.20. The minimum atomic E-state index is -0.201. The fourth-order valence-electron chi connectivity index (χ4n) is 2.61. The van der Waals surface area contributed by atoms with Crippen LogP contribution in [0.2, 0.25) is 0 Å². The van der Waals surface area contributed by atoms with Gasteiger partial charge in [-0.1, -0.05) is 17.8 Å². The van der Waals surface area contributed by atoms with E-state index in [4.69, 9.17) is 0 Å². The number of rotatable bonds is 6. The van der Waals surface area contributed by atoms with Crippen LogP contribution in [0.25, 0.3) is 0 Å². The van der Waals surface area contributed by atoms with Crippen LogP contribution in [-0.4, -0.2) is 65.0 Å². The maximum absolute atomic E-state index is 12.1. The SMILES string of the molecule is CN(CC1CCCCN1C)C(=O)CCC(=O)Nc1nncs1. The standard InChI is InChI=1S/C14H23N5O2S/c1-18-8-4-3-5-11(18)9-19(2)13(21)7-6-12(20)16-14-17-15-10-22-14/h10-11H,3-9H2,1-2H3,(H,16,17,20). The van der Waals surface area contributed by atoms with Gasteiger partial charge in [-0.05, 0) is 26.4 Å². The third kappa shape index (κ3) is 5.03. The molecule has 0 aliphatic carbocycles. The largest absolute Gasteiger partial charge is 0.344 e. The normalized spacial score (nSPS) is 18.9. The number of nitrogens with zero attached hydrogens (tertiary/aromatic N) is 4. The Balaban J connectivity index is 1.70. The lowest BCUT2D eigenvalue weighted by Gasteiger charge is -2.35. The molecular formula is C14H23N5O2S. The number of hydrogen-bond donors (Lipinski definition) is 1. The average Bonchev–Trinajstić information content (AvgIpc) is 3.00. The summed E-state index contributed by atoms with van der Waals surface area (Å²) in [5, 5.41) is 10.5. The van der Waals surface area contributed by atoms with Gasteiger partial charge in [0.2, 0.25) is 16.9 Å². The van der Waals surface area contributed by atoms with Crippen LogP contribution >= 0.6 is 11.3 Å². The summed E-state index contributed by atoms with van der Waals surface area (Å²) in [7, 11) is 3.92. The molecule has 1 saturated heterocycles. The second kappa shape index (κ2) is 8.19. The molecule has 7 nitrogen and oxygen atoms in total. The monoisotopic (exact) mass is 325 g/mol. The predicted molar refractivity (Wildman–Crippen MR) is 85.7 cm³/mol. The Hall–Kier alpha value is -1.54. The van der Waals surface area contributed by atoms with E-state index in [0.29, 0.717) is 11.2 Å². The Morgan fingerprint density at radius 1 is 1.45 bits per heavy atom. The van der Waals surface area contributed by atoms with Crippen LogP contribution in [-0.2, 0) is 9.59 Å². The van der Waals surface area contributed by atoms with Crippen LogP contribution in [0.4, 0.5) is 5.13 Å².